The van der Waals surface area contributed by atoms with Crippen molar-refractivity contribution >= 4 is 23.2 Å². The number of nitrogens with two attached hydrogens (primary N) is 1. The highest BCUT2D eigenvalue weighted by atomic mass is 19.1. The van der Waals surface area contributed by atoms with Gasteiger partial charge in [0.15, 0.2) is 11.5 Å². The first kappa shape index (κ1) is 16.8. The second-order valence-corrected chi connectivity index (χ2v) is 6.95. The van der Waals surface area contributed by atoms with E-state index < -0.39 is 0 Å². The molecule has 4 heterocycles. The van der Waals surface area contributed by atoms with E-state index in [1.807, 2.05) is 6.07 Å². The summed E-state index contributed by atoms with van der Waals surface area (Å²) in [5.41, 5.74) is 7.41. The van der Waals surface area contributed by atoms with E-state index >= 15 is 0 Å². The SMILES string of the molecule is Nc1nn2ccc3nc2c1C(=O)NCCOc1ccc(F)cc1C1CCCN31. The van der Waals surface area contributed by atoms with Crippen LogP contribution in [0, 0.1) is 5.82 Å². The fourth-order valence-electron chi connectivity index (χ4n) is 4.00. The molecule has 28 heavy (non-hydrogen) atoms. The zero-order valence-electron chi connectivity index (χ0n) is 15.1. The number of aromatic nitrogens is 3. The van der Waals surface area contributed by atoms with Gasteiger partial charge in [0, 0.05) is 18.3 Å². The second kappa shape index (κ2) is 6.36. The highest BCUT2D eigenvalue weighted by Crippen LogP contribution is 2.40. The van der Waals surface area contributed by atoms with Crippen LogP contribution in [-0.4, -0.2) is 40.2 Å². The van der Waals surface area contributed by atoms with Crippen LogP contribution in [0.3, 0.4) is 0 Å². The molecule has 3 N–H and O–H groups in total. The van der Waals surface area contributed by atoms with E-state index in [1.54, 1.807) is 12.3 Å². The zero-order chi connectivity index (χ0) is 19.3. The van der Waals surface area contributed by atoms with Crippen molar-refractivity contribution in [3.63, 3.8) is 0 Å². The molecule has 9 heteroatoms. The average Bonchev–Trinajstić information content (AvgIpc) is 3.28. The predicted molar refractivity (Wildman–Crippen MR) is 101 cm³/mol. The standard InChI is InChI=1S/C19H19FN6O2/c20-11-3-4-14-12(10-11)13-2-1-7-25(13)15-5-8-26-18(23-15)16(17(21)24-26)19(27)22-6-9-28-14/h3-5,8,10,13H,1-2,6-7,9H2,(H2,21,24)(H,22,27). The normalized spacial score (nSPS) is 19.2. The van der Waals surface area contributed by atoms with Crippen molar-refractivity contribution in [1.82, 2.24) is 19.9 Å². The van der Waals surface area contributed by atoms with Gasteiger partial charge >= 0.3 is 0 Å². The van der Waals surface area contributed by atoms with Crippen LogP contribution >= 0.6 is 0 Å². The number of amides is 1. The Balaban J connectivity index is 1.69. The Morgan fingerprint density at radius 1 is 1.32 bits per heavy atom. The van der Waals surface area contributed by atoms with Gasteiger partial charge in [0.2, 0.25) is 0 Å². The molecule has 2 aliphatic rings. The largest absolute Gasteiger partial charge is 0.491 e. The minimum atomic E-state index is -0.350. The van der Waals surface area contributed by atoms with Crippen molar-refractivity contribution < 1.29 is 13.9 Å². The van der Waals surface area contributed by atoms with Gasteiger partial charge in [0.1, 0.15) is 29.6 Å². The fraction of sp³-hybridized carbons (Fsp3) is 0.316. The lowest BCUT2D eigenvalue weighted by Gasteiger charge is -2.27. The number of carbonyl (C=O) groups is 1. The summed E-state index contributed by atoms with van der Waals surface area (Å²) in [7, 11) is 0. The fourth-order valence-corrected chi connectivity index (χ4v) is 4.00. The predicted octanol–water partition coefficient (Wildman–Crippen LogP) is 1.91. The molecule has 3 aromatic rings. The molecule has 1 fully saturated rings. The number of hydrogen-bond acceptors (Lipinski definition) is 6. The number of ether oxygens (including phenoxy) is 1. The van der Waals surface area contributed by atoms with Gasteiger partial charge in [-0.3, -0.25) is 4.79 Å². The lowest BCUT2D eigenvalue weighted by atomic mass is 10.0. The number of carbonyl (C=O) groups excluding carboxylic acids is 1. The van der Waals surface area contributed by atoms with Gasteiger partial charge in [0.25, 0.3) is 5.91 Å². The maximum atomic E-state index is 14.0. The summed E-state index contributed by atoms with van der Waals surface area (Å²) in [4.78, 5) is 19.4. The first-order valence-electron chi connectivity index (χ1n) is 9.24. The summed E-state index contributed by atoms with van der Waals surface area (Å²) in [5.74, 6) is 0.786. The molecule has 2 bridgehead atoms. The van der Waals surface area contributed by atoms with E-state index in [2.05, 4.69) is 20.3 Å². The maximum Gasteiger partial charge on any atom is 0.259 e. The molecule has 2 aliphatic heterocycles. The number of hydrogen-bond donors (Lipinski definition) is 2. The summed E-state index contributed by atoms with van der Waals surface area (Å²) in [6.45, 7) is 1.31. The molecule has 0 aliphatic carbocycles. The van der Waals surface area contributed by atoms with Gasteiger partial charge in [-0.1, -0.05) is 0 Å². The molecule has 5 rings (SSSR count). The van der Waals surface area contributed by atoms with Crippen LogP contribution in [-0.2, 0) is 0 Å². The minimum Gasteiger partial charge on any atom is -0.491 e. The number of fused-ring (bicyclic) bond motifs is 5. The maximum absolute atomic E-state index is 14.0. The summed E-state index contributed by atoms with van der Waals surface area (Å²) >= 11 is 0. The number of halogens is 1. The van der Waals surface area contributed by atoms with E-state index in [-0.39, 0.29) is 42.3 Å². The molecular formula is C19H19FN6O2. The zero-order valence-corrected chi connectivity index (χ0v) is 15.1. The monoisotopic (exact) mass is 382 g/mol. The lowest BCUT2D eigenvalue weighted by Crippen LogP contribution is -2.28. The molecule has 2 aromatic heterocycles. The molecule has 8 nitrogen and oxygen atoms in total. The van der Waals surface area contributed by atoms with E-state index in [0.717, 1.165) is 24.9 Å². The summed E-state index contributed by atoms with van der Waals surface area (Å²) in [6, 6.07) is 6.33. The van der Waals surface area contributed by atoms with Gasteiger partial charge in [-0.15, -0.1) is 5.10 Å². The van der Waals surface area contributed by atoms with E-state index in [0.29, 0.717) is 17.2 Å². The van der Waals surface area contributed by atoms with Crippen LogP contribution in [0.15, 0.2) is 30.5 Å². The van der Waals surface area contributed by atoms with Gasteiger partial charge in [-0.05, 0) is 37.1 Å². The van der Waals surface area contributed by atoms with Crippen LogP contribution in [0.4, 0.5) is 16.0 Å². The van der Waals surface area contributed by atoms with Gasteiger partial charge in [0.05, 0.1) is 12.6 Å². The van der Waals surface area contributed by atoms with Crippen molar-refractivity contribution in [2.45, 2.75) is 18.9 Å². The molecule has 1 unspecified atom stereocenters. The molecule has 0 radical (unpaired) electrons. The highest BCUT2D eigenvalue weighted by molar-refractivity contribution is 6.04. The topological polar surface area (TPSA) is 97.8 Å². The first-order chi connectivity index (χ1) is 13.6. The van der Waals surface area contributed by atoms with Crippen LogP contribution in [0.1, 0.15) is 34.8 Å². The molecule has 144 valence electrons. The van der Waals surface area contributed by atoms with Crippen LogP contribution in [0.2, 0.25) is 0 Å². The third-order valence-corrected chi connectivity index (χ3v) is 5.25. The highest BCUT2D eigenvalue weighted by Gasteiger charge is 2.31. The van der Waals surface area contributed by atoms with Crippen molar-refractivity contribution in [1.29, 1.82) is 0 Å². The minimum absolute atomic E-state index is 0.0613. The van der Waals surface area contributed by atoms with Crippen molar-refractivity contribution in [3.8, 4) is 5.75 Å². The molecule has 1 aromatic carbocycles. The van der Waals surface area contributed by atoms with Gasteiger partial charge in [-0.2, -0.15) is 0 Å². The third kappa shape index (κ3) is 2.62. The third-order valence-electron chi connectivity index (χ3n) is 5.25. The molecule has 0 saturated carbocycles. The number of benzene rings is 1. The Morgan fingerprint density at radius 2 is 2.21 bits per heavy atom. The summed E-state index contributed by atoms with van der Waals surface area (Å²) in [6.07, 6.45) is 3.54. The Bertz CT molecular complexity index is 1080. The summed E-state index contributed by atoms with van der Waals surface area (Å²) in [5, 5.41) is 6.97. The van der Waals surface area contributed by atoms with E-state index in [1.165, 1.54) is 16.6 Å². The molecule has 1 saturated heterocycles. The number of nitrogens with zero attached hydrogens (tertiary/aromatic N) is 4. The Kier molecular flexibility index (Phi) is 3.81. The second-order valence-electron chi connectivity index (χ2n) is 6.95. The molecular weight excluding hydrogens is 363 g/mol. The molecule has 1 amide bonds. The van der Waals surface area contributed by atoms with Crippen LogP contribution in [0.5, 0.6) is 5.75 Å². The number of anilines is 2. The lowest BCUT2D eigenvalue weighted by molar-refractivity contribution is 0.0949. The van der Waals surface area contributed by atoms with Crippen LogP contribution < -0.4 is 20.7 Å². The van der Waals surface area contributed by atoms with Crippen molar-refractivity contribution in [2.75, 3.05) is 30.3 Å². The van der Waals surface area contributed by atoms with E-state index in [9.17, 15) is 9.18 Å². The summed E-state index contributed by atoms with van der Waals surface area (Å²) < 4.78 is 21.4. The average molecular weight is 382 g/mol. The Labute approximate surface area is 160 Å². The molecule has 1 atom stereocenters. The van der Waals surface area contributed by atoms with Crippen LogP contribution in [0.25, 0.3) is 5.65 Å². The Morgan fingerprint density at radius 3 is 3.11 bits per heavy atom. The number of nitrogens with one attached hydrogen (secondary N) is 1. The number of rotatable bonds is 0. The van der Waals surface area contributed by atoms with Gasteiger partial charge < -0.3 is 20.7 Å². The van der Waals surface area contributed by atoms with Crippen molar-refractivity contribution in [3.05, 3.63) is 47.4 Å². The van der Waals surface area contributed by atoms with E-state index in [4.69, 9.17) is 10.5 Å². The smallest absolute Gasteiger partial charge is 0.259 e. The van der Waals surface area contributed by atoms with Crippen molar-refractivity contribution in [2.24, 2.45) is 0 Å². The Hall–Kier alpha value is -3.36. The molecule has 0 spiro atoms. The number of nitrogen functional groups attached to an aromatic ring is 1. The quantitative estimate of drug-likeness (QED) is 0.616. The first-order valence-corrected chi connectivity index (χ1v) is 9.24. The van der Waals surface area contributed by atoms with Gasteiger partial charge in [-0.25, -0.2) is 13.9 Å².